The van der Waals surface area contributed by atoms with Gasteiger partial charge < -0.3 is 9.47 Å². The Morgan fingerprint density at radius 1 is 1.15 bits per heavy atom. The average molecular weight is 384 g/mol. The van der Waals surface area contributed by atoms with E-state index in [2.05, 4.69) is 40.7 Å². The Morgan fingerprint density at radius 3 is 2.59 bits per heavy atom. The van der Waals surface area contributed by atoms with E-state index < -0.39 is 9.84 Å². The predicted molar refractivity (Wildman–Crippen MR) is 109 cm³/mol. The summed E-state index contributed by atoms with van der Waals surface area (Å²) >= 11 is 0. The van der Waals surface area contributed by atoms with Gasteiger partial charge in [0.05, 0.1) is 10.4 Å². The summed E-state index contributed by atoms with van der Waals surface area (Å²) in [6.45, 7) is 6.47. The minimum absolute atomic E-state index is 0.437. The average Bonchev–Trinajstić information content (AvgIpc) is 2.93. The van der Waals surface area contributed by atoms with Gasteiger partial charge in [0.25, 0.3) is 0 Å². The van der Waals surface area contributed by atoms with Crippen LogP contribution in [0.5, 0.6) is 0 Å². The Bertz CT molecular complexity index is 1120. The maximum atomic E-state index is 12.5. The van der Waals surface area contributed by atoms with E-state index in [4.69, 9.17) is 4.98 Å². The summed E-state index contributed by atoms with van der Waals surface area (Å²) in [6, 6.07) is 10.3. The van der Waals surface area contributed by atoms with Crippen LogP contribution in [0.2, 0.25) is 0 Å². The van der Waals surface area contributed by atoms with Crippen LogP contribution in [0.3, 0.4) is 0 Å². The van der Waals surface area contributed by atoms with E-state index in [1.165, 1.54) is 17.4 Å². The van der Waals surface area contributed by atoms with Crippen LogP contribution in [0, 0.1) is 6.92 Å². The highest BCUT2D eigenvalue weighted by Crippen LogP contribution is 2.36. The summed E-state index contributed by atoms with van der Waals surface area (Å²) in [5.74, 6) is 0.883. The van der Waals surface area contributed by atoms with Gasteiger partial charge in [0.15, 0.2) is 15.7 Å². The van der Waals surface area contributed by atoms with Crippen LogP contribution in [-0.2, 0) is 29.3 Å². The summed E-state index contributed by atoms with van der Waals surface area (Å²) in [6.07, 6.45) is 4.94. The molecule has 0 unspecified atom stereocenters. The molecule has 3 aromatic rings. The zero-order valence-electron chi connectivity index (χ0n) is 16.1. The van der Waals surface area contributed by atoms with Crippen molar-refractivity contribution in [1.82, 2.24) is 9.55 Å². The fourth-order valence-corrected chi connectivity index (χ4v) is 5.47. The minimum Gasteiger partial charge on any atom is -0.350 e. The predicted octanol–water partition coefficient (Wildman–Crippen LogP) is 3.72. The third kappa shape index (κ3) is 3.02. The van der Waals surface area contributed by atoms with Crippen molar-refractivity contribution in [1.29, 1.82) is 0 Å². The topological polar surface area (TPSA) is 55.2 Å². The highest BCUT2D eigenvalue weighted by molar-refractivity contribution is 7.91. The smallest absolute Gasteiger partial charge is 0.177 e. The first kappa shape index (κ1) is 18.0. The molecule has 1 aliphatic rings. The molecular formula is C21H25N3O2S. The van der Waals surface area contributed by atoms with Gasteiger partial charge in [0.2, 0.25) is 0 Å². The van der Waals surface area contributed by atoms with E-state index in [-0.39, 0.29) is 0 Å². The zero-order valence-corrected chi connectivity index (χ0v) is 16.9. The fraction of sp³-hybridized carbons (Fsp3) is 0.381. The molecule has 0 fully saturated rings. The first-order chi connectivity index (χ1) is 12.9. The summed E-state index contributed by atoms with van der Waals surface area (Å²) in [7, 11) is -3.32. The normalized spacial score (nSPS) is 14.6. The third-order valence-corrected chi connectivity index (χ3v) is 6.66. The van der Waals surface area contributed by atoms with Crippen molar-refractivity contribution < 1.29 is 8.42 Å². The molecule has 0 atom stereocenters. The molecule has 0 saturated heterocycles. The highest BCUT2D eigenvalue weighted by Gasteiger charge is 2.26. The highest BCUT2D eigenvalue weighted by atomic mass is 32.2. The standard InChI is InChI=1S/C21H25N3O2S/c1-4-12-24-15(2)20(27(3,25)26)18-9-11-22-21(19(18)24)23-13-10-16-7-5-6-8-17(16)14-23/h5-9,11H,4,10,12-14H2,1-3H3. The molecule has 1 aliphatic heterocycles. The molecular weight excluding hydrogens is 358 g/mol. The Balaban J connectivity index is 1.92. The molecule has 0 spiro atoms. The van der Waals surface area contributed by atoms with Gasteiger partial charge in [-0.15, -0.1) is 0 Å². The van der Waals surface area contributed by atoms with Crippen molar-refractivity contribution in [2.75, 3.05) is 17.7 Å². The molecule has 0 radical (unpaired) electrons. The Kier molecular flexibility index (Phi) is 4.46. The van der Waals surface area contributed by atoms with Crippen LogP contribution < -0.4 is 4.90 Å². The summed E-state index contributed by atoms with van der Waals surface area (Å²) < 4.78 is 27.1. The number of benzene rings is 1. The first-order valence-electron chi connectivity index (χ1n) is 9.41. The molecule has 2 aromatic heterocycles. The number of nitrogens with zero attached hydrogens (tertiary/aromatic N) is 3. The van der Waals surface area contributed by atoms with E-state index >= 15 is 0 Å². The second-order valence-electron chi connectivity index (χ2n) is 7.31. The fourth-order valence-electron chi connectivity index (χ4n) is 4.26. The summed E-state index contributed by atoms with van der Waals surface area (Å²) in [5, 5.41) is 0.785. The molecule has 3 heterocycles. The van der Waals surface area contributed by atoms with Gasteiger partial charge in [-0.3, -0.25) is 0 Å². The lowest BCUT2D eigenvalue weighted by Gasteiger charge is -2.30. The number of aromatic nitrogens is 2. The van der Waals surface area contributed by atoms with Crippen LogP contribution in [0.1, 0.15) is 30.2 Å². The monoisotopic (exact) mass is 383 g/mol. The van der Waals surface area contributed by atoms with Gasteiger partial charge in [-0.2, -0.15) is 0 Å². The molecule has 0 amide bonds. The third-order valence-electron chi connectivity index (χ3n) is 5.40. The molecule has 27 heavy (non-hydrogen) atoms. The number of sulfone groups is 1. The number of anilines is 1. The van der Waals surface area contributed by atoms with Crippen molar-refractivity contribution in [3.05, 3.63) is 53.3 Å². The van der Waals surface area contributed by atoms with Crippen molar-refractivity contribution in [2.24, 2.45) is 0 Å². The molecule has 1 aromatic carbocycles. The number of hydrogen-bond donors (Lipinski definition) is 0. The Hall–Kier alpha value is -2.34. The van der Waals surface area contributed by atoms with E-state index in [0.717, 1.165) is 54.9 Å². The van der Waals surface area contributed by atoms with Crippen molar-refractivity contribution in [3.8, 4) is 0 Å². The minimum atomic E-state index is -3.32. The molecule has 6 heteroatoms. The number of aryl methyl sites for hydroxylation is 1. The summed E-state index contributed by atoms with van der Waals surface area (Å²) in [4.78, 5) is 7.41. The zero-order chi connectivity index (χ0) is 19.2. The van der Waals surface area contributed by atoms with Gasteiger partial charge in [0.1, 0.15) is 0 Å². The van der Waals surface area contributed by atoms with Crippen molar-refractivity contribution in [3.63, 3.8) is 0 Å². The molecule has 0 aliphatic carbocycles. The van der Waals surface area contributed by atoms with E-state index in [9.17, 15) is 8.42 Å². The van der Waals surface area contributed by atoms with E-state index in [0.29, 0.717) is 4.90 Å². The van der Waals surface area contributed by atoms with E-state index in [1.54, 1.807) is 6.20 Å². The lowest BCUT2D eigenvalue weighted by Crippen LogP contribution is -2.31. The first-order valence-corrected chi connectivity index (χ1v) is 11.3. The Morgan fingerprint density at radius 2 is 1.89 bits per heavy atom. The second kappa shape index (κ2) is 6.68. The molecule has 4 rings (SSSR count). The molecule has 142 valence electrons. The van der Waals surface area contributed by atoms with Gasteiger partial charge >= 0.3 is 0 Å². The van der Waals surface area contributed by atoms with Crippen molar-refractivity contribution in [2.45, 2.75) is 44.7 Å². The van der Waals surface area contributed by atoms with Gasteiger partial charge in [0, 0.05) is 43.2 Å². The number of pyridine rings is 1. The van der Waals surface area contributed by atoms with Gasteiger partial charge in [-0.25, -0.2) is 13.4 Å². The van der Waals surface area contributed by atoms with Crippen molar-refractivity contribution >= 4 is 26.6 Å². The van der Waals surface area contributed by atoms with E-state index in [1.807, 2.05) is 13.0 Å². The maximum Gasteiger partial charge on any atom is 0.177 e. The Labute approximate surface area is 160 Å². The molecule has 0 N–H and O–H groups in total. The van der Waals surface area contributed by atoms with Gasteiger partial charge in [-0.1, -0.05) is 31.2 Å². The van der Waals surface area contributed by atoms with Crippen LogP contribution in [0.25, 0.3) is 10.9 Å². The second-order valence-corrected chi connectivity index (χ2v) is 9.26. The van der Waals surface area contributed by atoms with Gasteiger partial charge in [-0.05, 0) is 37.0 Å². The van der Waals surface area contributed by atoms with Crippen LogP contribution in [0.15, 0.2) is 41.4 Å². The SMILES string of the molecule is CCCn1c(C)c(S(C)(=O)=O)c2ccnc(N3CCc4ccccc4C3)c21. The van der Waals surface area contributed by atoms with Crippen LogP contribution in [-0.4, -0.2) is 30.8 Å². The number of hydrogen-bond acceptors (Lipinski definition) is 4. The number of fused-ring (bicyclic) bond motifs is 2. The quantitative estimate of drug-likeness (QED) is 0.689. The number of rotatable bonds is 4. The molecule has 0 bridgehead atoms. The van der Waals surface area contributed by atoms with Crippen LogP contribution >= 0.6 is 0 Å². The molecule has 5 nitrogen and oxygen atoms in total. The molecule has 0 saturated carbocycles. The van der Waals surface area contributed by atoms with Crippen LogP contribution in [0.4, 0.5) is 5.82 Å². The summed E-state index contributed by atoms with van der Waals surface area (Å²) in [5.41, 5.74) is 4.45. The largest absolute Gasteiger partial charge is 0.350 e. The lowest BCUT2D eigenvalue weighted by atomic mass is 10.00. The maximum absolute atomic E-state index is 12.5. The lowest BCUT2D eigenvalue weighted by molar-refractivity contribution is 0.600.